The fraction of sp³-hybridized carbons (Fsp3) is 0.421. The number of esters is 2. The number of aliphatic carboxylic acids is 1. The van der Waals surface area contributed by atoms with E-state index in [4.69, 9.17) is 9.47 Å². The molecule has 1 aromatic rings. The second-order valence-electron chi connectivity index (χ2n) is 5.92. The van der Waals surface area contributed by atoms with E-state index in [-0.39, 0.29) is 24.7 Å². The molecule has 1 aromatic carbocycles. The van der Waals surface area contributed by atoms with Crippen molar-refractivity contribution in [3.63, 3.8) is 0 Å². The van der Waals surface area contributed by atoms with Gasteiger partial charge >= 0.3 is 17.9 Å². The summed E-state index contributed by atoms with van der Waals surface area (Å²) >= 11 is 0. The molecular weight excluding hydrogens is 384 g/mol. The Labute approximate surface area is 167 Å². The van der Waals surface area contributed by atoms with E-state index in [1.165, 1.54) is 38.1 Å². The number of rotatable bonds is 10. The minimum Gasteiger partial charge on any atom is -0.480 e. The van der Waals surface area contributed by atoms with Gasteiger partial charge < -0.3 is 25.2 Å². The molecule has 0 aliphatic carbocycles. The average molecular weight is 408 g/mol. The van der Waals surface area contributed by atoms with E-state index in [9.17, 15) is 29.1 Å². The molecule has 2 atom stereocenters. The van der Waals surface area contributed by atoms with E-state index in [2.05, 4.69) is 10.6 Å². The number of carbonyl (C=O) groups excluding carboxylic acids is 4. The van der Waals surface area contributed by atoms with Crippen LogP contribution in [0.3, 0.4) is 0 Å². The standard InChI is InChI=1S/C19H24N2O8/c1-4-28-15(23)10-14(19(27)29-5-2)16(18(25)26)21-17(24)12-6-8-13(9-7-12)20-11(3)22/h6-9,14,16H,4-5,10H2,1-3H3,(H,20,22)(H,21,24)(H,25,26)/t14-,16-/m0/s1. The summed E-state index contributed by atoms with van der Waals surface area (Å²) in [6.45, 7) is 4.46. The summed E-state index contributed by atoms with van der Waals surface area (Å²) in [6, 6.07) is 3.98. The molecule has 3 N–H and O–H groups in total. The van der Waals surface area contributed by atoms with Gasteiger partial charge in [-0.3, -0.25) is 19.2 Å². The maximum atomic E-state index is 12.5. The molecule has 0 radical (unpaired) electrons. The molecule has 0 heterocycles. The summed E-state index contributed by atoms with van der Waals surface area (Å²) in [4.78, 5) is 59.2. The molecule has 2 amide bonds. The van der Waals surface area contributed by atoms with E-state index in [0.29, 0.717) is 5.69 Å². The van der Waals surface area contributed by atoms with Crippen molar-refractivity contribution in [3.8, 4) is 0 Å². The van der Waals surface area contributed by atoms with Crippen molar-refractivity contribution in [2.24, 2.45) is 5.92 Å². The van der Waals surface area contributed by atoms with E-state index < -0.39 is 42.2 Å². The summed E-state index contributed by atoms with van der Waals surface area (Å²) in [7, 11) is 0. The molecule has 0 saturated carbocycles. The first-order valence-electron chi connectivity index (χ1n) is 8.93. The minimum absolute atomic E-state index is 0.0247. The summed E-state index contributed by atoms with van der Waals surface area (Å²) in [5.74, 6) is -5.75. The minimum atomic E-state index is -1.71. The molecule has 10 nitrogen and oxygen atoms in total. The Hall–Kier alpha value is -3.43. The zero-order valence-electron chi connectivity index (χ0n) is 16.4. The van der Waals surface area contributed by atoms with Crippen LogP contribution in [0.2, 0.25) is 0 Å². The van der Waals surface area contributed by atoms with Gasteiger partial charge in [-0.2, -0.15) is 0 Å². The largest absolute Gasteiger partial charge is 0.480 e. The maximum Gasteiger partial charge on any atom is 0.327 e. The highest BCUT2D eigenvalue weighted by atomic mass is 16.5. The Morgan fingerprint density at radius 3 is 2.07 bits per heavy atom. The van der Waals surface area contributed by atoms with Crippen LogP contribution in [0.1, 0.15) is 37.6 Å². The van der Waals surface area contributed by atoms with Crippen LogP contribution in [0.4, 0.5) is 5.69 Å². The number of amides is 2. The van der Waals surface area contributed by atoms with Crippen molar-refractivity contribution in [1.29, 1.82) is 0 Å². The molecule has 158 valence electrons. The van der Waals surface area contributed by atoms with Crippen LogP contribution in [0.25, 0.3) is 0 Å². The molecule has 0 aliphatic rings. The Morgan fingerprint density at radius 1 is 1.00 bits per heavy atom. The number of nitrogens with one attached hydrogen (secondary N) is 2. The highest BCUT2D eigenvalue weighted by molar-refractivity contribution is 5.99. The Morgan fingerprint density at radius 2 is 1.59 bits per heavy atom. The lowest BCUT2D eigenvalue weighted by atomic mass is 9.95. The zero-order valence-corrected chi connectivity index (χ0v) is 16.4. The first-order chi connectivity index (χ1) is 13.7. The second-order valence-corrected chi connectivity index (χ2v) is 5.92. The van der Waals surface area contributed by atoms with Gasteiger partial charge in [0.25, 0.3) is 5.91 Å². The summed E-state index contributed by atoms with van der Waals surface area (Å²) < 4.78 is 9.63. The molecule has 0 spiro atoms. The number of benzene rings is 1. The van der Waals surface area contributed by atoms with Crippen LogP contribution in [0.15, 0.2) is 24.3 Å². The third kappa shape index (κ3) is 7.60. The number of ether oxygens (including phenoxy) is 2. The Balaban J connectivity index is 3.03. The molecular formula is C19H24N2O8. The normalized spacial score (nSPS) is 12.2. The van der Waals surface area contributed by atoms with Gasteiger partial charge in [0.2, 0.25) is 5.91 Å². The van der Waals surface area contributed by atoms with E-state index in [0.717, 1.165) is 0 Å². The average Bonchev–Trinajstić information content (AvgIpc) is 2.64. The summed E-state index contributed by atoms with van der Waals surface area (Å²) in [5, 5.41) is 14.3. The second kappa shape index (κ2) is 11.4. The van der Waals surface area contributed by atoms with Gasteiger partial charge in [0, 0.05) is 18.2 Å². The summed E-state index contributed by atoms with van der Waals surface area (Å²) in [5.41, 5.74) is 0.555. The number of hydrogen-bond donors (Lipinski definition) is 3. The molecule has 0 unspecified atom stereocenters. The molecule has 0 fully saturated rings. The SMILES string of the molecule is CCOC(=O)C[C@H](C(=O)OCC)[C@H](NC(=O)c1ccc(NC(C)=O)cc1)C(=O)O. The molecule has 1 rings (SSSR count). The molecule has 29 heavy (non-hydrogen) atoms. The van der Waals surface area contributed by atoms with Crippen molar-refractivity contribution in [3.05, 3.63) is 29.8 Å². The fourth-order valence-corrected chi connectivity index (χ4v) is 2.45. The van der Waals surface area contributed by atoms with Crippen LogP contribution in [-0.2, 0) is 28.7 Å². The first-order valence-corrected chi connectivity index (χ1v) is 8.93. The van der Waals surface area contributed by atoms with Crippen LogP contribution >= 0.6 is 0 Å². The zero-order chi connectivity index (χ0) is 22.0. The van der Waals surface area contributed by atoms with E-state index in [1.807, 2.05) is 0 Å². The van der Waals surface area contributed by atoms with Crippen LogP contribution in [0.5, 0.6) is 0 Å². The van der Waals surface area contributed by atoms with Crippen molar-refractivity contribution < 1.29 is 38.6 Å². The highest BCUT2D eigenvalue weighted by Crippen LogP contribution is 2.16. The number of carboxylic acids is 1. The number of carbonyl (C=O) groups is 5. The number of carboxylic acid groups (broad SMARTS) is 1. The third-order valence-electron chi connectivity index (χ3n) is 3.70. The Kier molecular flexibility index (Phi) is 9.30. The van der Waals surface area contributed by atoms with Crippen LogP contribution in [-0.4, -0.2) is 54.1 Å². The van der Waals surface area contributed by atoms with Gasteiger partial charge in [-0.15, -0.1) is 0 Å². The van der Waals surface area contributed by atoms with Crippen molar-refractivity contribution in [2.75, 3.05) is 18.5 Å². The van der Waals surface area contributed by atoms with Crippen LogP contribution < -0.4 is 10.6 Å². The Bertz CT molecular complexity index is 760. The predicted octanol–water partition coefficient (Wildman–Crippen LogP) is 0.960. The van der Waals surface area contributed by atoms with Gasteiger partial charge in [0.15, 0.2) is 0 Å². The van der Waals surface area contributed by atoms with E-state index in [1.54, 1.807) is 6.92 Å². The van der Waals surface area contributed by atoms with Gasteiger partial charge in [-0.25, -0.2) is 4.79 Å². The van der Waals surface area contributed by atoms with Gasteiger partial charge in [-0.1, -0.05) is 0 Å². The molecule has 0 aromatic heterocycles. The molecule has 0 aliphatic heterocycles. The maximum absolute atomic E-state index is 12.5. The third-order valence-corrected chi connectivity index (χ3v) is 3.70. The molecule has 0 saturated heterocycles. The monoisotopic (exact) mass is 408 g/mol. The van der Waals surface area contributed by atoms with Crippen molar-refractivity contribution in [1.82, 2.24) is 5.32 Å². The smallest absolute Gasteiger partial charge is 0.327 e. The first kappa shape index (κ1) is 23.6. The van der Waals surface area contributed by atoms with Crippen molar-refractivity contribution in [2.45, 2.75) is 33.2 Å². The lowest BCUT2D eigenvalue weighted by molar-refractivity contribution is -0.159. The number of hydrogen-bond acceptors (Lipinski definition) is 7. The van der Waals surface area contributed by atoms with Gasteiger partial charge in [-0.05, 0) is 38.1 Å². The van der Waals surface area contributed by atoms with Gasteiger partial charge in [0.05, 0.1) is 25.6 Å². The summed E-state index contributed by atoms with van der Waals surface area (Å²) in [6.07, 6.45) is -0.564. The van der Waals surface area contributed by atoms with E-state index >= 15 is 0 Å². The predicted molar refractivity (Wildman–Crippen MR) is 101 cm³/mol. The quantitative estimate of drug-likeness (QED) is 0.485. The lowest BCUT2D eigenvalue weighted by Crippen LogP contribution is -2.49. The van der Waals surface area contributed by atoms with Gasteiger partial charge in [0.1, 0.15) is 6.04 Å². The highest BCUT2D eigenvalue weighted by Gasteiger charge is 2.38. The van der Waals surface area contributed by atoms with Crippen molar-refractivity contribution >= 4 is 35.4 Å². The lowest BCUT2D eigenvalue weighted by Gasteiger charge is -2.22. The topological polar surface area (TPSA) is 148 Å². The molecule has 10 heteroatoms. The fourth-order valence-electron chi connectivity index (χ4n) is 2.45. The van der Waals surface area contributed by atoms with Crippen LogP contribution in [0, 0.1) is 5.92 Å². The molecule has 0 bridgehead atoms. The number of anilines is 1.